The van der Waals surface area contributed by atoms with Crippen molar-refractivity contribution < 1.29 is 9.47 Å². The van der Waals surface area contributed by atoms with Gasteiger partial charge >= 0.3 is 5.69 Å². The predicted molar refractivity (Wildman–Crippen MR) is 95.1 cm³/mol. The number of thiophene rings is 1. The Kier molecular flexibility index (Phi) is 5.53. The van der Waals surface area contributed by atoms with Gasteiger partial charge in [-0.1, -0.05) is 0 Å². The fourth-order valence-electron chi connectivity index (χ4n) is 3.27. The maximum absolute atomic E-state index is 12.8. The first kappa shape index (κ1) is 17.4. The summed E-state index contributed by atoms with van der Waals surface area (Å²) in [5.41, 5.74) is 0.555. The molecule has 0 aliphatic carbocycles. The van der Waals surface area contributed by atoms with Crippen LogP contribution in [0.15, 0.2) is 15.0 Å². The molecule has 0 atom stereocenters. The largest absolute Gasteiger partial charge is 0.383 e. The van der Waals surface area contributed by atoms with E-state index in [0.29, 0.717) is 31.0 Å². The summed E-state index contributed by atoms with van der Waals surface area (Å²) in [5.74, 6) is 0.525. The Morgan fingerprint density at radius 1 is 1.25 bits per heavy atom. The zero-order valence-electron chi connectivity index (χ0n) is 14.2. The molecule has 0 saturated carbocycles. The summed E-state index contributed by atoms with van der Waals surface area (Å²) in [6.45, 7) is 4.86. The smallest absolute Gasteiger partial charge is 0.332 e. The van der Waals surface area contributed by atoms with Crippen molar-refractivity contribution in [3.8, 4) is 0 Å². The number of hydrogen-bond donors (Lipinski definition) is 0. The summed E-state index contributed by atoms with van der Waals surface area (Å²) >= 11 is 1.45. The van der Waals surface area contributed by atoms with E-state index in [-0.39, 0.29) is 11.2 Å². The molecular weight excluding hydrogens is 328 g/mol. The first-order valence-electron chi connectivity index (χ1n) is 8.41. The highest BCUT2D eigenvalue weighted by atomic mass is 32.1. The van der Waals surface area contributed by atoms with Crippen LogP contribution in [0, 0.1) is 12.8 Å². The standard InChI is InChI=1S/C17H24N2O4S/c1-12-11-24-16-14(12)15(20)18(17(21)19(16)7-10-22-2)6-3-13-4-8-23-9-5-13/h11,13H,3-10H2,1-2H3. The molecule has 0 spiro atoms. The van der Waals surface area contributed by atoms with Crippen LogP contribution in [0.25, 0.3) is 10.2 Å². The molecule has 1 aliphatic rings. The van der Waals surface area contributed by atoms with E-state index >= 15 is 0 Å². The van der Waals surface area contributed by atoms with Gasteiger partial charge in [0, 0.05) is 26.9 Å². The lowest BCUT2D eigenvalue weighted by molar-refractivity contribution is 0.0624. The molecule has 0 bridgehead atoms. The van der Waals surface area contributed by atoms with E-state index in [9.17, 15) is 9.59 Å². The Morgan fingerprint density at radius 2 is 2.00 bits per heavy atom. The third-order valence-electron chi connectivity index (χ3n) is 4.74. The minimum atomic E-state index is -0.224. The van der Waals surface area contributed by atoms with Crippen LogP contribution in [0.5, 0.6) is 0 Å². The minimum Gasteiger partial charge on any atom is -0.383 e. The molecule has 7 heteroatoms. The van der Waals surface area contributed by atoms with Gasteiger partial charge in [0.25, 0.3) is 5.56 Å². The van der Waals surface area contributed by atoms with E-state index in [1.807, 2.05) is 12.3 Å². The highest BCUT2D eigenvalue weighted by Crippen LogP contribution is 2.22. The van der Waals surface area contributed by atoms with Gasteiger partial charge in [-0.3, -0.25) is 13.9 Å². The normalized spacial score (nSPS) is 16.1. The molecule has 1 aliphatic heterocycles. The number of rotatable bonds is 6. The highest BCUT2D eigenvalue weighted by Gasteiger charge is 2.19. The van der Waals surface area contributed by atoms with Crippen molar-refractivity contribution in [1.82, 2.24) is 9.13 Å². The number of aryl methyl sites for hydroxylation is 1. The van der Waals surface area contributed by atoms with Crippen LogP contribution in [0.2, 0.25) is 0 Å². The summed E-state index contributed by atoms with van der Waals surface area (Å²) in [6.07, 6.45) is 2.86. The molecule has 2 aromatic rings. The molecule has 1 saturated heterocycles. The average Bonchev–Trinajstić information content (AvgIpc) is 2.97. The number of fused-ring (bicyclic) bond motifs is 1. The topological polar surface area (TPSA) is 62.5 Å². The maximum Gasteiger partial charge on any atom is 0.332 e. The second kappa shape index (κ2) is 7.63. The summed E-state index contributed by atoms with van der Waals surface area (Å²) in [5, 5.41) is 2.61. The summed E-state index contributed by atoms with van der Waals surface area (Å²) in [4.78, 5) is 26.4. The Bertz CT molecular complexity index is 814. The van der Waals surface area contributed by atoms with Crippen LogP contribution in [0.3, 0.4) is 0 Å². The van der Waals surface area contributed by atoms with Crippen LogP contribution in [0.1, 0.15) is 24.8 Å². The number of nitrogens with zero attached hydrogens (tertiary/aromatic N) is 2. The van der Waals surface area contributed by atoms with Crippen molar-refractivity contribution in [1.29, 1.82) is 0 Å². The van der Waals surface area contributed by atoms with Crippen molar-refractivity contribution in [2.24, 2.45) is 5.92 Å². The molecule has 132 valence electrons. The van der Waals surface area contributed by atoms with Crippen molar-refractivity contribution >= 4 is 21.6 Å². The molecular formula is C17H24N2O4S. The zero-order valence-corrected chi connectivity index (χ0v) is 15.1. The van der Waals surface area contributed by atoms with Gasteiger partial charge in [-0.15, -0.1) is 11.3 Å². The van der Waals surface area contributed by atoms with Gasteiger partial charge in [-0.2, -0.15) is 0 Å². The number of ether oxygens (including phenoxy) is 2. The lowest BCUT2D eigenvalue weighted by atomic mass is 9.97. The number of hydrogen-bond acceptors (Lipinski definition) is 5. The van der Waals surface area contributed by atoms with E-state index in [1.54, 1.807) is 11.7 Å². The third kappa shape index (κ3) is 3.34. The SMILES string of the molecule is COCCn1c(=O)n(CCC2CCOCC2)c(=O)c2c(C)csc21. The fraction of sp³-hybridized carbons (Fsp3) is 0.647. The van der Waals surface area contributed by atoms with Gasteiger partial charge in [-0.25, -0.2) is 4.79 Å². The van der Waals surface area contributed by atoms with E-state index in [2.05, 4.69) is 0 Å². The first-order valence-corrected chi connectivity index (χ1v) is 9.29. The second-order valence-electron chi connectivity index (χ2n) is 6.33. The molecule has 0 N–H and O–H groups in total. The molecule has 3 heterocycles. The van der Waals surface area contributed by atoms with Crippen LogP contribution in [0.4, 0.5) is 0 Å². The van der Waals surface area contributed by atoms with E-state index in [4.69, 9.17) is 9.47 Å². The van der Waals surface area contributed by atoms with Gasteiger partial charge in [0.15, 0.2) is 0 Å². The van der Waals surface area contributed by atoms with Crippen LogP contribution < -0.4 is 11.2 Å². The molecule has 3 rings (SSSR count). The monoisotopic (exact) mass is 352 g/mol. The zero-order chi connectivity index (χ0) is 17.1. The van der Waals surface area contributed by atoms with E-state index in [1.165, 1.54) is 15.9 Å². The maximum atomic E-state index is 12.8. The summed E-state index contributed by atoms with van der Waals surface area (Å²) in [6, 6.07) is 0. The average molecular weight is 352 g/mol. The van der Waals surface area contributed by atoms with Gasteiger partial charge in [0.1, 0.15) is 4.83 Å². The minimum absolute atomic E-state index is 0.158. The number of aromatic nitrogens is 2. The van der Waals surface area contributed by atoms with E-state index < -0.39 is 0 Å². The third-order valence-corrected chi connectivity index (χ3v) is 5.86. The van der Waals surface area contributed by atoms with Crippen molar-refractivity contribution in [3.05, 3.63) is 31.8 Å². The van der Waals surface area contributed by atoms with Crippen molar-refractivity contribution in [3.63, 3.8) is 0 Å². The fourth-order valence-corrected chi connectivity index (χ4v) is 4.34. The van der Waals surface area contributed by atoms with Gasteiger partial charge < -0.3 is 9.47 Å². The van der Waals surface area contributed by atoms with Crippen molar-refractivity contribution in [2.75, 3.05) is 26.9 Å². The number of methoxy groups -OCH3 is 1. The molecule has 2 aromatic heterocycles. The Hall–Kier alpha value is -1.44. The molecule has 0 unspecified atom stereocenters. The van der Waals surface area contributed by atoms with Crippen LogP contribution in [-0.2, 0) is 22.6 Å². The van der Waals surface area contributed by atoms with Crippen molar-refractivity contribution in [2.45, 2.75) is 39.3 Å². The first-order chi connectivity index (χ1) is 11.6. The van der Waals surface area contributed by atoms with E-state index in [0.717, 1.165) is 42.9 Å². The molecule has 0 amide bonds. The molecule has 24 heavy (non-hydrogen) atoms. The summed E-state index contributed by atoms with van der Waals surface area (Å²) < 4.78 is 13.6. The lowest BCUT2D eigenvalue weighted by Crippen LogP contribution is -2.40. The molecule has 0 radical (unpaired) electrons. The Morgan fingerprint density at radius 3 is 2.71 bits per heavy atom. The Labute approximate surface area is 144 Å². The molecule has 6 nitrogen and oxygen atoms in total. The molecule has 1 fully saturated rings. The summed E-state index contributed by atoms with van der Waals surface area (Å²) in [7, 11) is 1.61. The second-order valence-corrected chi connectivity index (χ2v) is 7.19. The van der Waals surface area contributed by atoms with Gasteiger partial charge in [0.05, 0.1) is 18.5 Å². The van der Waals surface area contributed by atoms with Crippen LogP contribution >= 0.6 is 11.3 Å². The predicted octanol–water partition coefficient (Wildman–Crippen LogP) is 2.00. The lowest BCUT2D eigenvalue weighted by Gasteiger charge is -2.22. The molecule has 0 aromatic carbocycles. The van der Waals surface area contributed by atoms with Gasteiger partial charge in [-0.05, 0) is 43.0 Å². The van der Waals surface area contributed by atoms with Crippen LogP contribution in [-0.4, -0.2) is 36.1 Å². The highest BCUT2D eigenvalue weighted by molar-refractivity contribution is 7.17. The quantitative estimate of drug-likeness (QED) is 0.798. The van der Waals surface area contributed by atoms with Gasteiger partial charge in [0.2, 0.25) is 0 Å². The Balaban J connectivity index is 1.97.